The topological polar surface area (TPSA) is 85.6 Å². The molecule has 102 valence electrons. The van der Waals surface area contributed by atoms with Gasteiger partial charge in [0, 0.05) is 17.7 Å². The fourth-order valence-electron chi connectivity index (χ4n) is 1.29. The standard InChI is InChI=1S/C12H15N3O3S/c1-17-9-5-3-8(10(7-9)18-2)4-6-11(16)14-15-12(13)19/h3-7H,1-2H3,(H,14,16)(H3,13,15,19)/b6-4+. The molecule has 0 aromatic heterocycles. The van der Waals surface area contributed by atoms with Gasteiger partial charge < -0.3 is 15.2 Å². The second kappa shape index (κ2) is 7.22. The maximum atomic E-state index is 11.4. The van der Waals surface area contributed by atoms with Gasteiger partial charge >= 0.3 is 0 Å². The molecule has 0 saturated heterocycles. The molecule has 1 aromatic carbocycles. The lowest BCUT2D eigenvalue weighted by atomic mass is 10.1. The molecule has 0 radical (unpaired) electrons. The Labute approximate surface area is 116 Å². The molecule has 0 aliphatic carbocycles. The van der Waals surface area contributed by atoms with Gasteiger partial charge in [-0.25, -0.2) is 0 Å². The lowest BCUT2D eigenvalue weighted by Gasteiger charge is -2.07. The molecular formula is C12H15N3O3S. The summed E-state index contributed by atoms with van der Waals surface area (Å²) in [4.78, 5) is 11.4. The maximum Gasteiger partial charge on any atom is 0.262 e. The zero-order valence-corrected chi connectivity index (χ0v) is 11.4. The molecule has 0 aliphatic heterocycles. The highest BCUT2D eigenvalue weighted by molar-refractivity contribution is 7.80. The number of carbonyl (C=O) groups excluding carboxylic acids is 1. The summed E-state index contributed by atoms with van der Waals surface area (Å²) >= 11 is 4.55. The number of thiocarbonyl (C=S) groups is 1. The number of nitrogens with one attached hydrogen (secondary N) is 2. The molecule has 0 spiro atoms. The monoisotopic (exact) mass is 281 g/mol. The number of hydrogen-bond acceptors (Lipinski definition) is 4. The number of carbonyl (C=O) groups is 1. The van der Waals surface area contributed by atoms with Crippen molar-refractivity contribution in [3.05, 3.63) is 29.8 Å². The van der Waals surface area contributed by atoms with E-state index in [1.807, 2.05) is 0 Å². The summed E-state index contributed by atoms with van der Waals surface area (Å²) in [7, 11) is 3.11. The van der Waals surface area contributed by atoms with Crippen molar-refractivity contribution < 1.29 is 14.3 Å². The van der Waals surface area contributed by atoms with Crippen LogP contribution in [0.2, 0.25) is 0 Å². The van der Waals surface area contributed by atoms with Gasteiger partial charge in [0.1, 0.15) is 11.5 Å². The Kier molecular flexibility index (Phi) is 5.62. The van der Waals surface area contributed by atoms with E-state index in [1.165, 1.54) is 6.08 Å². The Balaban J connectivity index is 2.75. The van der Waals surface area contributed by atoms with Crippen LogP contribution >= 0.6 is 12.2 Å². The first-order chi connectivity index (χ1) is 9.06. The van der Waals surface area contributed by atoms with E-state index >= 15 is 0 Å². The fourth-order valence-corrected chi connectivity index (χ4v) is 1.34. The van der Waals surface area contributed by atoms with Crippen molar-refractivity contribution in [1.29, 1.82) is 0 Å². The average molecular weight is 281 g/mol. The van der Waals surface area contributed by atoms with Gasteiger partial charge in [-0.3, -0.25) is 15.6 Å². The quantitative estimate of drug-likeness (QED) is 0.425. The first-order valence-electron chi connectivity index (χ1n) is 5.32. The van der Waals surface area contributed by atoms with Crippen LogP contribution in [0.15, 0.2) is 24.3 Å². The number of benzene rings is 1. The number of nitrogens with two attached hydrogens (primary N) is 1. The normalized spacial score (nSPS) is 10.0. The molecule has 1 aromatic rings. The van der Waals surface area contributed by atoms with E-state index in [-0.39, 0.29) is 11.0 Å². The van der Waals surface area contributed by atoms with Crippen molar-refractivity contribution in [3.8, 4) is 11.5 Å². The summed E-state index contributed by atoms with van der Waals surface area (Å²) in [6.45, 7) is 0. The molecule has 0 aliphatic rings. The third-order valence-corrected chi connectivity index (χ3v) is 2.27. The number of hydrazine groups is 1. The van der Waals surface area contributed by atoms with Crippen LogP contribution in [0.5, 0.6) is 11.5 Å². The van der Waals surface area contributed by atoms with Gasteiger partial charge in [-0.05, 0) is 30.4 Å². The SMILES string of the molecule is COc1ccc(/C=C/C(=O)NNC(N)=S)c(OC)c1. The number of amides is 1. The highest BCUT2D eigenvalue weighted by Gasteiger charge is 2.02. The Bertz CT molecular complexity index is 503. The first-order valence-corrected chi connectivity index (χ1v) is 5.73. The van der Waals surface area contributed by atoms with E-state index in [0.717, 1.165) is 5.56 Å². The number of methoxy groups -OCH3 is 2. The minimum atomic E-state index is -0.384. The highest BCUT2D eigenvalue weighted by Crippen LogP contribution is 2.25. The predicted molar refractivity (Wildman–Crippen MR) is 76.6 cm³/mol. The summed E-state index contributed by atoms with van der Waals surface area (Å²) in [6.07, 6.45) is 2.93. The number of hydrogen-bond donors (Lipinski definition) is 3. The van der Waals surface area contributed by atoms with Crippen molar-refractivity contribution in [2.45, 2.75) is 0 Å². The molecule has 0 bridgehead atoms. The summed E-state index contributed by atoms with van der Waals surface area (Å²) < 4.78 is 10.3. The van der Waals surface area contributed by atoms with Gasteiger partial charge in [0.05, 0.1) is 14.2 Å². The van der Waals surface area contributed by atoms with Crippen LogP contribution in [0.3, 0.4) is 0 Å². The molecule has 1 rings (SSSR count). The fraction of sp³-hybridized carbons (Fsp3) is 0.167. The van der Waals surface area contributed by atoms with Crippen LogP contribution in [0, 0.1) is 0 Å². The lowest BCUT2D eigenvalue weighted by Crippen LogP contribution is -2.43. The maximum absolute atomic E-state index is 11.4. The third kappa shape index (κ3) is 4.84. The van der Waals surface area contributed by atoms with Crippen LogP contribution in [0.1, 0.15) is 5.56 Å². The van der Waals surface area contributed by atoms with Crippen LogP contribution in [-0.2, 0) is 4.79 Å². The highest BCUT2D eigenvalue weighted by atomic mass is 32.1. The molecule has 0 atom stereocenters. The molecule has 7 heteroatoms. The van der Waals surface area contributed by atoms with Gasteiger partial charge in [-0.2, -0.15) is 0 Å². The molecule has 1 amide bonds. The van der Waals surface area contributed by atoms with E-state index < -0.39 is 0 Å². The smallest absolute Gasteiger partial charge is 0.262 e. The van der Waals surface area contributed by atoms with Crippen molar-refractivity contribution in [3.63, 3.8) is 0 Å². The van der Waals surface area contributed by atoms with Crippen molar-refractivity contribution in [2.24, 2.45) is 5.73 Å². The predicted octanol–water partition coefficient (Wildman–Crippen LogP) is 0.581. The van der Waals surface area contributed by atoms with E-state index in [0.29, 0.717) is 11.5 Å². The molecule has 4 N–H and O–H groups in total. The summed E-state index contributed by atoms with van der Waals surface area (Å²) in [5.41, 5.74) is 10.6. The third-order valence-electron chi connectivity index (χ3n) is 2.16. The summed E-state index contributed by atoms with van der Waals surface area (Å²) in [5, 5.41) is -0.0104. The van der Waals surface area contributed by atoms with Crippen molar-refractivity contribution in [1.82, 2.24) is 10.9 Å². The molecule has 0 fully saturated rings. The van der Waals surface area contributed by atoms with E-state index in [4.69, 9.17) is 15.2 Å². The van der Waals surface area contributed by atoms with Gasteiger partial charge in [0.15, 0.2) is 5.11 Å². The molecule has 19 heavy (non-hydrogen) atoms. The lowest BCUT2D eigenvalue weighted by molar-refractivity contribution is -0.116. The van der Waals surface area contributed by atoms with E-state index in [1.54, 1.807) is 38.5 Å². The summed E-state index contributed by atoms with van der Waals surface area (Å²) in [5.74, 6) is 0.893. The zero-order chi connectivity index (χ0) is 14.3. The zero-order valence-electron chi connectivity index (χ0n) is 10.6. The van der Waals surface area contributed by atoms with Gasteiger partial charge in [-0.15, -0.1) is 0 Å². The van der Waals surface area contributed by atoms with Crippen LogP contribution < -0.4 is 26.1 Å². The van der Waals surface area contributed by atoms with E-state index in [2.05, 4.69) is 23.1 Å². The summed E-state index contributed by atoms with van der Waals surface area (Å²) in [6, 6.07) is 5.28. The van der Waals surface area contributed by atoms with Gasteiger partial charge in [0.2, 0.25) is 0 Å². The van der Waals surface area contributed by atoms with Crippen molar-refractivity contribution in [2.75, 3.05) is 14.2 Å². The second-order valence-electron chi connectivity index (χ2n) is 3.42. The Morgan fingerprint density at radius 2 is 2.05 bits per heavy atom. The molecule has 0 heterocycles. The Morgan fingerprint density at radius 3 is 2.63 bits per heavy atom. The molecule has 6 nitrogen and oxygen atoms in total. The van der Waals surface area contributed by atoms with Gasteiger partial charge in [-0.1, -0.05) is 0 Å². The molecule has 0 saturated carbocycles. The molecular weight excluding hydrogens is 266 g/mol. The van der Waals surface area contributed by atoms with E-state index in [9.17, 15) is 4.79 Å². The van der Waals surface area contributed by atoms with Crippen LogP contribution in [-0.4, -0.2) is 25.2 Å². The van der Waals surface area contributed by atoms with Crippen LogP contribution in [0.25, 0.3) is 6.08 Å². The molecule has 0 unspecified atom stereocenters. The first kappa shape index (κ1) is 14.8. The Hall–Kier alpha value is -2.28. The number of ether oxygens (including phenoxy) is 2. The average Bonchev–Trinajstić information content (AvgIpc) is 2.42. The van der Waals surface area contributed by atoms with Gasteiger partial charge in [0.25, 0.3) is 5.91 Å². The minimum absolute atomic E-state index is 0.0104. The van der Waals surface area contributed by atoms with Crippen molar-refractivity contribution >= 4 is 29.3 Å². The minimum Gasteiger partial charge on any atom is -0.497 e. The number of rotatable bonds is 4. The van der Waals surface area contributed by atoms with Crippen LogP contribution in [0.4, 0.5) is 0 Å². The largest absolute Gasteiger partial charge is 0.497 e. The Morgan fingerprint density at radius 1 is 1.32 bits per heavy atom. The second-order valence-corrected chi connectivity index (χ2v) is 3.86.